The standard InChI is InChI=1S/C11H12Cl2O2/c1-15-11(14)10-7-9(13)5-4-8(10)3-2-6-12/h4-5,7H,2-3,6H2,1H3. The molecule has 15 heavy (non-hydrogen) atoms. The monoisotopic (exact) mass is 246 g/mol. The summed E-state index contributed by atoms with van der Waals surface area (Å²) in [5.74, 6) is 0.213. The van der Waals surface area contributed by atoms with E-state index in [2.05, 4.69) is 4.74 Å². The quantitative estimate of drug-likeness (QED) is 0.602. The van der Waals surface area contributed by atoms with E-state index < -0.39 is 0 Å². The van der Waals surface area contributed by atoms with Gasteiger partial charge in [0, 0.05) is 10.9 Å². The molecular formula is C11H12Cl2O2. The molecule has 0 saturated heterocycles. The Bertz CT molecular complexity index is 350. The van der Waals surface area contributed by atoms with Crippen LogP contribution < -0.4 is 0 Å². The molecule has 1 rings (SSSR count). The maximum atomic E-state index is 11.4. The summed E-state index contributed by atoms with van der Waals surface area (Å²) in [5, 5.41) is 0.532. The highest BCUT2D eigenvalue weighted by atomic mass is 35.5. The molecule has 0 aliphatic carbocycles. The summed E-state index contributed by atoms with van der Waals surface area (Å²) in [5.41, 5.74) is 1.45. The van der Waals surface area contributed by atoms with Crippen molar-refractivity contribution in [2.24, 2.45) is 0 Å². The molecule has 0 unspecified atom stereocenters. The Morgan fingerprint density at radius 1 is 1.47 bits per heavy atom. The number of ether oxygens (including phenoxy) is 1. The number of benzene rings is 1. The van der Waals surface area contributed by atoms with Gasteiger partial charge >= 0.3 is 5.97 Å². The van der Waals surface area contributed by atoms with Crippen molar-refractivity contribution < 1.29 is 9.53 Å². The number of carbonyl (C=O) groups is 1. The van der Waals surface area contributed by atoms with Crippen molar-refractivity contribution >= 4 is 29.2 Å². The lowest BCUT2D eigenvalue weighted by atomic mass is 10.0. The van der Waals surface area contributed by atoms with Gasteiger partial charge in [-0.25, -0.2) is 4.79 Å². The van der Waals surface area contributed by atoms with Crippen molar-refractivity contribution in [3.05, 3.63) is 34.3 Å². The van der Waals surface area contributed by atoms with Crippen LogP contribution in [0.3, 0.4) is 0 Å². The Balaban J connectivity index is 2.97. The summed E-state index contributed by atoms with van der Waals surface area (Å²) in [4.78, 5) is 11.4. The molecule has 0 spiro atoms. The van der Waals surface area contributed by atoms with E-state index >= 15 is 0 Å². The first kappa shape index (κ1) is 12.3. The van der Waals surface area contributed by atoms with Crippen molar-refractivity contribution in [3.63, 3.8) is 0 Å². The van der Waals surface area contributed by atoms with Crippen LogP contribution in [-0.4, -0.2) is 19.0 Å². The van der Waals surface area contributed by atoms with E-state index in [0.717, 1.165) is 18.4 Å². The van der Waals surface area contributed by atoms with E-state index in [0.29, 0.717) is 16.5 Å². The molecule has 4 heteroatoms. The number of esters is 1. The zero-order valence-corrected chi connectivity index (χ0v) is 9.94. The highest BCUT2D eigenvalue weighted by Crippen LogP contribution is 2.18. The van der Waals surface area contributed by atoms with Crippen molar-refractivity contribution in [1.29, 1.82) is 0 Å². The first-order valence-corrected chi connectivity index (χ1v) is 5.53. The molecule has 0 aromatic heterocycles. The van der Waals surface area contributed by atoms with Crippen molar-refractivity contribution in [3.8, 4) is 0 Å². The highest BCUT2D eigenvalue weighted by Gasteiger charge is 2.11. The Kier molecular flexibility index (Phi) is 4.92. The van der Waals surface area contributed by atoms with Gasteiger partial charge in [-0.15, -0.1) is 11.6 Å². The summed E-state index contributed by atoms with van der Waals surface area (Å²) in [7, 11) is 1.36. The number of hydrogen-bond donors (Lipinski definition) is 0. The van der Waals surface area contributed by atoms with Crippen LogP contribution in [0, 0.1) is 0 Å². The van der Waals surface area contributed by atoms with Gasteiger partial charge in [-0.05, 0) is 30.5 Å². The number of methoxy groups -OCH3 is 1. The summed E-state index contributed by atoms with van der Waals surface area (Å²) in [6.07, 6.45) is 1.58. The van der Waals surface area contributed by atoms with E-state index in [-0.39, 0.29) is 5.97 Å². The molecule has 0 fully saturated rings. The average Bonchev–Trinajstić information content (AvgIpc) is 2.26. The largest absolute Gasteiger partial charge is 0.465 e. The van der Waals surface area contributed by atoms with Crippen LogP contribution in [0.1, 0.15) is 22.3 Å². The topological polar surface area (TPSA) is 26.3 Å². The molecular weight excluding hydrogens is 235 g/mol. The molecule has 0 bridgehead atoms. The zero-order chi connectivity index (χ0) is 11.3. The van der Waals surface area contributed by atoms with Gasteiger partial charge in [0.25, 0.3) is 0 Å². The summed E-state index contributed by atoms with van der Waals surface area (Å²) >= 11 is 11.4. The predicted octanol–water partition coefficient (Wildman–Crippen LogP) is 3.30. The average molecular weight is 247 g/mol. The third-order valence-electron chi connectivity index (χ3n) is 2.06. The van der Waals surface area contributed by atoms with E-state index in [1.807, 2.05) is 6.07 Å². The van der Waals surface area contributed by atoms with Gasteiger partial charge in [-0.2, -0.15) is 0 Å². The Hall–Kier alpha value is -0.730. The number of aryl methyl sites for hydroxylation is 1. The van der Waals surface area contributed by atoms with Crippen LogP contribution in [0.25, 0.3) is 0 Å². The first-order chi connectivity index (χ1) is 7.19. The minimum Gasteiger partial charge on any atom is -0.465 e. The van der Waals surface area contributed by atoms with Crippen LogP contribution in [0.15, 0.2) is 18.2 Å². The first-order valence-electron chi connectivity index (χ1n) is 4.61. The Morgan fingerprint density at radius 2 is 2.20 bits per heavy atom. The fourth-order valence-electron chi connectivity index (χ4n) is 1.32. The molecule has 0 amide bonds. The van der Waals surface area contributed by atoms with Gasteiger partial charge in [0.15, 0.2) is 0 Å². The number of hydrogen-bond acceptors (Lipinski definition) is 2. The Morgan fingerprint density at radius 3 is 2.80 bits per heavy atom. The third-order valence-corrected chi connectivity index (χ3v) is 2.56. The SMILES string of the molecule is COC(=O)c1cc(Cl)ccc1CCCCl. The molecule has 2 nitrogen and oxygen atoms in total. The van der Waals surface area contributed by atoms with Crippen LogP contribution in [0.5, 0.6) is 0 Å². The second kappa shape index (κ2) is 5.99. The number of alkyl halides is 1. The second-order valence-electron chi connectivity index (χ2n) is 3.09. The molecule has 0 aliphatic heterocycles. The number of halogens is 2. The predicted molar refractivity (Wildman–Crippen MR) is 61.8 cm³/mol. The normalized spacial score (nSPS) is 10.1. The zero-order valence-electron chi connectivity index (χ0n) is 8.43. The second-order valence-corrected chi connectivity index (χ2v) is 3.90. The summed E-state index contributed by atoms with van der Waals surface area (Å²) in [6.45, 7) is 0. The summed E-state index contributed by atoms with van der Waals surface area (Å²) < 4.78 is 4.68. The lowest BCUT2D eigenvalue weighted by molar-refractivity contribution is 0.0599. The van der Waals surface area contributed by atoms with Crippen LogP contribution in [-0.2, 0) is 11.2 Å². The smallest absolute Gasteiger partial charge is 0.338 e. The molecule has 0 radical (unpaired) electrons. The van der Waals surface area contributed by atoms with E-state index in [4.69, 9.17) is 23.2 Å². The fraction of sp³-hybridized carbons (Fsp3) is 0.364. The fourth-order valence-corrected chi connectivity index (χ4v) is 1.63. The van der Waals surface area contributed by atoms with Gasteiger partial charge in [-0.1, -0.05) is 17.7 Å². The number of rotatable bonds is 4. The molecule has 0 heterocycles. The van der Waals surface area contributed by atoms with Crippen LogP contribution >= 0.6 is 23.2 Å². The Labute approximate surface area is 99.1 Å². The lowest BCUT2D eigenvalue weighted by Crippen LogP contribution is -2.06. The van der Waals surface area contributed by atoms with Crippen LogP contribution in [0.2, 0.25) is 5.02 Å². The van der Waals surface area contributed by atoms with Gasteiger partial charge in [0.2, 0.25) is 0 Å². The van der Waals surface area contributed by atoms with Gasteiger partial charge in [0.1, 0.15) is 0 Å². The van der Waals surface area contributed by atoms with Crippen molar-refractivity contribution in [2.45, 2.75) is 12.8 Å². The maximum Gasteiger partial charge on any atom is 0.338 e. The van der Waals surface area contributed by atoms with Gasteiger partial charge in [-0.3, -0.25) is 0 Å². The van der Waals surface area contributed by atoms with Gasteiger partial charge < -0.3 is 4.74 Å². The summed E-state index contributed by atoms with van der Waals surface area (Å²) in [6, 6.07) is 5.22. The maximum absolute atomic E-state index is 11.4. The highest BCUT2D eigenvalue weighted by molar-refractivity contribution is 6.31. The van der Waals surface area contributed by atoms with Crippen molar-refractivity contribution in [1.82, 2.24) is 0 Å². The van der Waals surface area contributed by atoms with E-state index in [9.17, 15) is 4.79 Å². The third kappa shape index (κ3) is 3.40. The van der Waals surface area contributed by atoms with Gasteiger partial charge in [0.05, 0.1) is 12.7 Å². The minimum atomic E-state index is -0.359. The molecule has 0 N–H and O–H groups in total. The lowest BCUT2D eigenvalue weighted by Gasteiger charge is -2.07. The van der Waals surface area contributed by atoms with E-state index in [1.165, 1.54) is 7.11 Å². The molecule has 1 aromatic carbocycles. The molecule has 0 saturated carbocycles. The van der Waals surface area contributed by atoms with E-state index in [1.54, 1.807) is 12.1 Å². The molecule has 0 aliphatic rings. The number of carbonyl (C=O) groups excluding carboxylic acids is 1. The van der Waals surface area contributed by atoms with Crippen molar-refractivity contribution in [2.75, 3.05) is 13.0 Å². The minimum absolute atomic E-state index is 0.359. The molecule has 82 valence electrons. The molecule has 0 atom stereocenters. The molecule has 1 aromatic rings. The van der Waals surface area contributed by atoms with Crippen LogP contribution in [0.4, 0.5) is 0 Å².